The van der Waals surface area contributed by atoms with E-state index >= 15 is 0 Å². The van der Waals surface area contributed by atoms with Crippen molar-refractivity contribution in [1.82, 2.24) is 14.4 Å². The van der Waals surface area contributed by atoms with Gasteiger partial charge in [0.25, 0.3) is 0 Å². The quantitative estimate of drug-likeness (QED) is 0.800. The molecule has 7 heteroatoms. The summed E-state index contributed by atoms with van der Waals surface area (Å²) in [4.78, 5) is 2.30. The maximum Gasteiger partial charge on any atom is 0.210 e. The van der Waals surface area contributed by atoms with Gasteiger partial charge in [0.2, 0.25) is 10.0 Å². The minimum absolute atomic E-state index is 0.386. The largest absolute Gasteiger partial charge is 0.360 e. The SMILES string of the molecule is CN(CC1CCCN(Cc2ccno2)C1)S(C)(=O)=O. The summed E-state index contributed by atoms with van der Waals surface area (Å²) in [6.45, 7) is 3.27. The van der Waals surface area contributed by atoms with Gasteiger partial charge in [-0.05, 0) is 25.3 Å². The Balaban J connectivity index is 1.87. The minimum atomic E-state index is -3.08. The second kappa shape index (κ2) is 6.02. The first-order valence-electron chi connectivity index (χ1n) is 6.48. The summed E-state index contributed by atoms with van der Waals surface area (Å²) in [6.07, 6.45) is 5.07. The Morgan fingerprint density at radius 1 is 1.58 bits per heavy atom. The first kappa shape index (κ1) is 14.5. The average molecular weight is 287 g/mol. The van der Waals surface area contributed by atoms with Gasteiger partial charge >= 0.3 is 0 Å². The predicted molar refractivity (Wildman–Crippen MR) is 72.0 cm³/mol. The lowest BCUT2D eigenvalue weighted by Gasteiger charge is -2.33. The van der Waals surface area contributed by atoms with Crippen LogP contribution in [0.2, 0.25) is 0 Å². The molecule has 1 fully saturated rings. The van der Waals surface area contributed by atoms with Gasteiger partial charge in [-0.25, -0.2) is 12.7 Å². The Bertz CT molecular complexity index is 486. The zero-order valence-electron chi connectivity index (χ0n) is 11.4. The van der Waals surface area contributed by atoms with Gasteiger partial charge in [-0.3, -0.25) is 4.90 Å². The molecule has 108 valence electrons. The first-order chi connectivity index (χ1) is 8.95. The van der Waals surface area contributed by atoms with E-state index in [9.17, 15) is 8.42 Å². The molecule has 0 saturated carbocycles. The lowest BCUT2D eigenvalue weighted by atomic mass is 9.98. The molecule has 0 N–H and O–H groups in total. The maximum atomic E-state index is 11.4. The Morgan fingerprint density at radius 3 is 3.00 bits per heavy atom. The van der Waals surface area contributed by atoms with Crippen molar-refractivity contribution < 1.29 is 12.9 Å². The van der Waals surface area contributed by atoms with E-state index in [-0.39, 0.29) is 0 Å². The Hall–Kier alpha value is -0.920. The number of rotatable bonds is 5. The molecule has 1 aromatic heterocycles. The highest BCUT2D eigenvalue weighted by atomic mass is 32.2. The fourth-order valence-corrected chi connectivity index (χ4v) is 2.97. The fraction of sp³-hybridized carbons (Fsp3) is 0.750. The van der Waals surface area contributed by atoms with Gasteiger partial charge in [0.15, 0.2) is 5.76 Å². The summed E-state index contributed by atoms with van der Waals surface area (Å²) in [6, 6.07) is 1.87. The molecular weight excluding hydrogens is 266 g/mol. The number of sulfonamides is 1. The molecule has 0 radical (unpaired) electrons. The molecule has 1 atom stereocenters. The van der Waals surface area contributed by atoms with Crippen LogP contribution >= 0.6 is 0 Å². The minimum Gasteiger partial charge on any atom is -0.360 e. The molecule has 2 rings (SSSR count). The fourth-order valence-electron chi connectivity index (χ4n) is 2.49. The van der Waals surface area contributed by atoms with E-state index in [1.54, 1.807) is 13.2 Å². The number of aromatic nitrogens is 1. The topological polar surface area (TPSA) is 66.7 Å². The summed E-state index contributed by atoms with van der Waals surface area (Å²) >= 11 is 0. The standard InChI is InChI=1S/C12H21N3O3S/c1-14(19(2,16)17)8-11-4-3-7-15(9-11)10-12-5-6-13-18-12/h5-6,11H,3-4,7-10H2,1-2H3. The van der Waals surface area contributed by atoms with Crippen molar-refractivity contribution in [2.24, 2.45) is 5.92 Å². The lowest BCUT2D eigenvalue weighted by molar-refractivity contribution is 0.142. The number of hydrogen-bond donors (Lipinski definition) is 0. The molecule has 1 aromatic rings. The molecule has 0 spiro atoms. The summed E-state index contributed by atoms with van der Waals surface area (Å²) in [5, 5.41) is 3.70. The van der Waals surface area contributed by atoms with Crippen LogP contribution in [0.15, 0.2) is 16.8 Å². The maximum absolute atomic E-state index is 11.4. The highest BCUT2D eigenvalue weighted by molar-refractivity contribution is 7.88. The van der Waals surface area contributed by atoms with Crippen LogP contribution in [0.1, 0.15) is 18.6 Å². The van der Waals surface area contributed by atoms with Crippen molar-refractivity contribution in [2.75, 3.05) is 32.9 Å². The summed E-state index contributed by atoms with van der Waals surface area (Å²) in [5.41, 5.74) is 0. The van der Waals surface area contributed by atoms with Crippen LogP contribution in [0.25, 0.3) is 0 Å². The highest BCUT2D eigenvalue weighted by Crippen LogP contribution is 2.19. The molecule has 0 bridgehead atoms. The predicted octanol–water partition coefficient (Wildman–Crippen LogP) is 0.778. The van der Waals surface area contributed by atoms with Crippen molar-refractivity contribution in [3.05, 3.63) is 18.0 Å². The number of nitrogens with zero attached hydrogens (tertiary/aromatic N) is 3. The van der Waals surface area contributed by atoms with Crippen molar-refractivity contribution in [1.29, 1.82) is 0 Å². The number of piperidine rings is 1. The van der Waals surface area contributed by atoms with E-state index in [0.29, 0.717) is 12.5 Å². The van der Waals surface area contributed by atoms with Crippen LogP contribution in [-0.2, 0) is 16.6 Å². The van der Waals surface area contributed by atoms with Gasteiger partial charge in [-0.2, -0.15) is 0 Å². The van der Waals surface area contributed by atoms with Crippen molar-refractivity contribution in [3.8, 4) is 0 Å². The van der Waals surface area contributed by atoms with Crippen LogP contribution in [0.5, 0.6) is 0 Å². The third kappa shape index (κ3) is 4.29. The van der Waals surface area contributed by atoms with Gasteiger partial charge in [0.05, 0.1) is 19.0 Å². The monoisotopic (exact) mass is 287 g/mol. The molecule has 1 aliphatic rings. The van der Waals surface area contributed by atoms with E-state index < -0.39 is 10.0 Å². The lowest BCUT2D eigenvalue weighted by Crippen LogP contribution is -2.40. The molecule has 1 aliphatic heterocycles. The van der Waals surface area contributed by atoms with Crippen LogP contribution in [0.3, 0.4) is 0 Å². The second-order valence-corrected chi connectivity index (χ2v) is 7.35. The van der Waals surface area contributed by atoms with E-state index in [0.717, 1.165) is 38.2 Å². The van der Waals surface area contributed by atoms with Crippen LogP contribution in [0.4, 0.5) is 0 Å². The second-order valence-electron chi connectivity index (χ2n) is 5.27. The number of hydrogen-bond acceptors (Lipinski definition) is 5. The van der Waals surface area contributed by atoms with E-state index in [1.807, 2.05) is 6.07 Å². The zero-order valence-corrected chi connectivity index (χ0v) is 12.3. The van der Waals surface area contributed by atoms with E-state index in [1.165, 1.54) is 10.6 Å². The normalized spacial score (nSPS) is 21.9. The molecule has 0 aliphatic carbocycles. The zero-order chi connectivity index (χ0) is 13.9. The molecule has 0 aromatic carbocycles. The van der Waals surface area contributed by atoms with Crippen molar-refractivity contribution in [2.45, 2.75) is 19.4 Å². The van der Waals surface area contributed by atoms with Crippen molar-refractivity contribution in [3.63, 3.8) is 0 Å². The Kier molecular flexibility index (Phi) is 4.59. The molecule has 1 saturated heterocycles. The van der Waals surface area contributed by atoms with Crippen molar-refractivity contribution >= 4 is 10.0 Å². The average Bonchev–Trinajstić information content (AvgIpc) is 2.81. The highest BCUT2D eigenvalue weighted by Gasteiger charge is 2.24. The summed E-state index contributed by atoms with van der Waals surface area (Å²) in [5.74, 6) is 1.24. The molecule has 19 heavy (non-hydrogen) atoms. The third-order valence-electron chi connectivity index (χ3n) is 3.56. The Labute approximate surface area is 114 Å². The van der Waals surface area contributed by atoms with Crippen LogP contribution in [-0.4, -0.2) is 55.7 Å². The Morgan fingerprint density at radius 2 is 2.37 bits per heavy atom. The summed E-state index contributed by atoms with van der Waals surface area (Å²) in [7, 11) is -1.44. The molecule has 6 nitrogen and oxygen atoms in total. The smallest absolute Gasteiger partial charge is 0.210 e. The molecule has 1 unspecified atom stereocenters. The number of likely N-dealkylation sites (tertiary alicyclic amines) is 1. The summed E-state index contributed by atoms with van der Waals surface area (Å²) < 4.78 is 29.4. The first-order valence-corrected chi connectivity index (χ1v) is 8.33. The van der Waals surface area contributed by atoms with Gasteiger partial charge in [-0.1, -0.05) is 5.16 Å². The molecular formula is C12H21N3O3S. The van der Waals surface area contributed by atoms with Crippen LogP contribution in [0, 0.1) is 5.92 Å². The van der Waals surface area contributed by atoms with Gasteiger partial charge < -0.3 is 4.52 Å². The molecule has 2 heterocycles. The van der Waals surface area contributed by atoms with Gasteiger partial charge in [0, 0.05) is 26.2 Å². The van der Waals surface area contributed by atoms with E-state index in [2.05, 4.69) is 10.1 Å². The van der Waals surface area contributed by atoms with E-state index in [4.69, 9.17) is 4.52 Å². The van der Waals surface area contributed by atoms with Gasteiger partial charge in [0.1, 0.15) is 0 Å². The van der Waals surface area contributed by atoms with Gasteiger partial charge in [-0.15, -0.1) is 0 Å². The third-order valence-corrected chi connectivity index (χ3v) is 4.84. The van der Waals surface area contributed by atoms with Crippen LogP contribution < -0.4 is 0 Å². The molecule has 0 amide bonds.